The van der Waals surface area contributed by atoms with Gasteiger partial charge >= 0.3 is 0 Å². The fourth-order valence-electron chi connectivity index (χ4n) is 1.58. The van der Waals surface area contributed by atoms with Crippen molar-refractivity contribution in [3.8, 4) is 0 Å². The van der Waals surface area contributed by atoms with Crippen molar-refractivity contribution in [2.45, 2.75) is 25.0 Å². The summed E-state index contributed by atoms with van der Waals surface area (Å²) < 4.78 is 5.35. The molecular weight excluding hydrogens is 172 g/mol. The number of hydrogen-bond donors (Lipinski definition) is 1. The lowest BCUT2D eigenvalue weighted by atomic mass is 9.95. The Labute approximate surface area is 75.8 Å². The zero-order valence-electron chi connectivity index (χ0n) is 6.99. The molecule has 2 unspecified atom stereocenters. The van der Waals surface area contributed by atoms with Gasteiger partial charge in [-0.25, -0.2) is 0 Å². The maximum atomic E-state index is 10.2. The number of thiophene rings is 1. The highest BCUT2D eigenvalue weighted by Crippen LogP contribution is 2.37. The molecule has 1 aromatic heterocycles. The molecule has 3 heteroatoms. The lowest BCUT2D eigenvalue weighted by molar-refractivity contribution is -0.0290. The summed E-state index contributed by atoms with van der Waals surface area (Å²) in [4.78, 5) is 1.02. The molecule has 0 aliphatic carbocycles. The van der Waals surface area contributed by atoms with Gasteiger partial charge in [0.1, 0.15) is 5.60 Å². The Morgan fingerprint density at radius 1 is 1.75 bits per heavy atom. The zero-order valence-corrected chi connectivity index (χ0v) is 7.80. The molecule has 2 heterocycles. The highest BCUT2D eigenvalue weighted by molar-refractivity contribution is 7.10. The van der Waals surface area contributed by atoms with E-state index in [4.69, 9.17) is 4.74 Å². The molecule has 2 rings (SSSR count). The van der Waals surface area contributed by atoms with Crippen molar-refractivity contribution in [3.63, 3.8) is 0 Å². The molecule has 0 saturated carbocycles. The molecule has 0 bridgehead atoms. The average Bonchev–Trinajstić information content (AvgIpc) is 2.62. The summed E-state index contributed by atoms with van der Waals surface area (Å²) in [5.41, 5.74) is -0.728. The van der Waals surface area contributed by atoms with Crippen LogP contribution < -0.4 is 0 Å². The Bertz CT molecular complexity index is 258. The summed E-state index contributed by atoms with van der Waals surface area (Å²) in [6.07, 6.45) is 0.644. The van der Waals surface area contributed by atoms with Crippen LogP contribution in [-0.4, -0.2) is 17.8 Å². The van der Waals surface area contributed by atoms with E-state index in [9.17, 15) is 5.11 Å². The quantitative estimate of drug-likeness (QED) is 0.720. The highest BCUT2D eigenvalue weighted by atomic mass is 32.1. The monoisotopic (exact) mass is 184 g/mol. The molecule has 1 saturated heterocycles. The van der Waals surface area contributed by atoms with Crippen LogP contribution in [-0.2, 0) is 10.3 Å². The van der Waals surface area contributed by atoms with Crippen LogP contribution >= 0.6 is 11.3 Å². The summed E-state index contributed by atoms with van der Waals surface area (Å²) in [6.45, 7) is 2.59. The molecule has 0 spiro atoms. The molecule has 1 aromatic rings. The van der Waals surface area contributed by atoms with Crippen LogP contribution in [0.2, 0.25) is 0 Å². The first-order valence-electron chi connectivity index (χ1n) is 4.11. The maximum Gasteiger partial charge on any atom is 0.127 e. The molecule has 66 valence electrons. The predicted octanol–water partition coefficient (Wildman–Crippen LogP) is 1.74. The third-order valence-corrected chi connectivity index (χ3v) is 3.51. The lowest BCUT2D eigenvalue weighted by Crippen LogP contribution is -2.31. The topological polar surface area (TPSA) is 29.5 Å². The Morgan fingerprint density at radius 2 is 2.58 bits per heavy atom. The number of rotatable bonds is 1. The Kier molecular flexibility index (Phi) is 1.94. The van der Waals surface area contributed by atoms with Crippen LogP contribution in [0.15, 0.2) is 17.5 Å². The van der Waals surface area contributed by atoms with Gasteiger partial charge in [-0.15, -0.1) is 11.3 Å². The fourth-order valence-corrected chi connectivity index (χ4v) is 2.51. The molecule has 2 atom stereocenters. The van der Waals surface area contributed by atoms with Gasteiger partial charge in [-0.05, 0) is 18.4 Å². The first-order chi connectivity index (χ1) is 5.73. The molecule has 2 nitrogen and oxygen atoms in total. The molecule has 0 aromatic carbocycles. The van der Waals surface area contributed by atoms with Crippen LogP contribution in [0.4, 0.5) is 0 Å². The van der Waals surface area contributed by atoms with E-state index in [0.29, 0.717) is 13.0 Å². The minimum atomic E-state index is -0.728. The van der Waals surface area contributed by atoms with E-state index in [-0.39, 0.29) is 6.10 Å². The van der Waals surface area contributed by atoms with Crippen molar-refractivity contribution >= 4 is 11.3 Å². The number of aliphatic hydroxyl groups is 1. The normalized spacial score (nSPS) is 35.7. The van der Waals surface area contributed by atoms with Gasteiger partial charge in [0.15, 0.2) is 0 Å². The Hall–Kier alpha value is -0.380. The molecule has 0 amide bonds. The molecule has 1 N–H and O–H groups in total. The van der Waals surface area contributed by atoms with E-state index in [1.54, 1.807) is 11.3 Å². The molecule has 1 aliphatic rings. The van der Waals surface area contributed by atoms with Gasteiger partial charge in [0.2, 0.25) is 0 Å². The van der Waals surface area contributed by atoms with Crippen molar-refractivity contribution in [3.05, 3.63) is 22.4 Å². The first kappa shape index (κ1) is 8.23. The van der Waals surface area contributed by atoms with Crippen LogP contribution in [0.5, 0.6) is 0 Å². The van der Waals surface area contributed by atoms with Gasteiger partial charge in [0.25, 0.3) is 0 Å². The summed E-state index contributed by atoms with van der Waals surface area (Å²) in [5, 5.41) is 12.2. The van der Waals surface area contributed by atoms with Gasteiger partial charge in [0, 0.05) is 11.3 Å². The zero-order chi connectivity index (χ0) is 8.60. The summed E-state index contributed by atoms with van der Waals surface area (Å²) in [7, 11) is 0. The van der Waals surface area contributed by atoms with Crippen LogP contribution in [0.1, 0.15) is 18.2 Å². The lowest BCUT2D eigenvalue weighted by Gasteiger charge is -2.24. The van der Waals surface area contributed by atoms with Gasteiger partial charge in [-0.3, -0.25) is 0 Å². The highest BCUT2D eigenvalue weighted by Gasteiger charge is 2.41. The summed E-state index contributed by atoms with van der Waals surface area (Å²) in [5.74, 6) is 0. The van der Waals surface area contributed by atoms with Gasteiger partial charge in [0.05, 0.1) is 12.7 Å². The summed E-state index contributed by atoms with van der Waals surface area (Å²) >= 11 is 1.59. The van der Waals surface area contributed by atoms with Crippen LogP contribution in [0.25, 0.3) is 0 Å². The average molecular weight is 184 g/mol. The van der Waals surface area contributed by atoms with Crippen molar-refractivity contribution < 1.29 is 9.84 Å². The van der Waals surface area contributed by atoms with E-state index >= 15 is 0 Å². The van der Waals surface area contributed by atoms with Crippen molar-refractivity contribution in [1.82, 2.24) is 0 Å². The predicted molar refractivity (Wildman–Crippen MR) is 48.2 cm³/mol. The van der Waals surface area contributed by atoms with Gasteiger partial charge < -0.3 is 9.84 Å². The largest absolute Gasteiger partial charge is 0.382 e. The van der Waals surface area contributed by atoms with Crippen LogP contribution in [0.3, 0.4) is 0 Å². The van der Waals surface area contributed by atoms with E-state index in [0.717, 1.165) is 4.88 Å². The third kappa shape index (κ3) is 1.09. The minimum absolute atomic E-state index is 0.0730. The van der Waals surface area contributed by atoms with E-state index in [2.05, 4.69) is 0 Å². The van der Waals surface area contributed by atoms with Crippen molar-refractivity contribution in [2.75, 3.05) is 6.61 Å². The smallest absolute Gasteiger partial charge is 0.127 e. The van der Waals surface area contributed by atoms with E-state index in [1.165, 1.54) is 0 Å². The second-order valence-corrected chi connectivity index (χ2v) is 4.11. The van der Waals surface area contributed by atoms with Gasteiger partial charge in [-0.2, -0.15) is 0 Å². The molecular formula is C9H12O2S. The molecule has 12 heavy (non-hydrogen) atoms. The first-order valence-corrected chi connectivity index (χ1v) is 4.99. The minimum Gasteiger partial charge on any atom is -0.382 e. The van der Waals surface area contributed by atoms with E-state index < -0.39 is 5.60 Å². The van der Waals surface area contributed by atoms with Crippen LogP contribution in [0, 0.1) is 0 Å². The van der Waals surface area contributed by atoms with Crippen molar-refractivity contribution in [2.24, 2.45) is 0 Å². The maximum absolute atomic E-state index is 10.2. The second kappa shape index (κ2) is 2.83. The van der Waals surface area contributed by atoms with Crippen molar-refractivity contribution in [1.29, 1.82) is 0 Å². The Morgan fingerprint density at radius 3 is 3.08 bits per heavy atom. The molecule has 1 aliphatic heterocycles. The number of ether oxygens (including phenoxy) is 1. The molecule has 0 radical (unpaired) electrons. The fraction of sp³-hybridized carbons (Fsp3) is 0.556. The standard InChI is InChI=1S/C9H12O2S/c1-7-9(10,4-5-11-7)8-3-2-6-12-8/h2-3,6-7,10H,4-5H2,1H3. The summed E-state index contributed by atoms with van der Waals surface area (Å²) in [6, 6.07) is 3.93. The van der Waals surface area contributed by atoms with Gasteiger partial charge in [-0.1, -0.05) is 6.07 Å². The third-order valence-electron chi connectivity index (χ3n) is 2.47. The molecule has 1 fully saturated rings. The number of hydrogen-bond acceptors (Lipinski definition) is 3. The second-order valence-electron chi connectivity index (χ2n) is 3.16. The van der Waals surface area contributed by atoms with E-state index in [1.807, 2.05) is 24.4 Å². The SMILES string of the molecule is CC1OCCC1(O)c1cccs1. The Balaban J connectivity index is 2.32.